The maximum atomic E-state index is 5.50. The smallest absolute Gasteiger partial charge is 0.240 e. The maximum absolute atomic E-state index is 5.50. The van der Waals surface area contributed by atoms with Crippen LogP contribution in [-0.4, -0.2) is 24.5 Å². The van der Waals surface area contributed by atoms with Gasteiger partial charge in [-0.15, -0.1) is 0 Å². The standard InChI is InChI=1S/C22H15N5O2S/c1-13(21-25-19(26-29-21)18-11-6-12-28-18)30-22-24-15-8-3-2-7-14(15)20-23-16-9-4-5-10-17(16)27(20)22/h2-13H,1H3/t13-/m0/s1. The molecule has 0 aliphatic rings. The Morgan fingerprint density at radius 3 is 2.60 bits per heavy atom. The van der Waals surface area contributed by atoms with Gasteiger partial charge in [-0.1, -0.05) is 41.2 Å². The summed E-state index contributed by atoms with van der Waals surface area (Å²) in [6.45, 7) is 2.02. The minimum Gasteiger partial charge on any atom is -0.461 e. The van der Waals surface area contributed by atoms with Gasteiger partial charge in [0.25, 0.3) is 0 Å². The van der Waals surface area contributed by atoms with Crippen LogP contribution in [0, 0.1) is 0 Å². The average molecular weight is 413 g/mol. The number of hydrogen-bond donors (Lipinski definition) is 0. The van der Waals surface area contributed by atoms with E-state index in [0.29, 0.717) is 17.5 Å². The highest BCUT2D eigenvalue weighted by Gasteiger charge is 2.21. The number of thioether (sulfide) groups is 1. The van der Waals surface area contributed by atoms with Crippen LogP contribution in [0.2, 0.25) is 0 Å². The molecular weight excluding hydrogens is 398 g/mol. The van der Waals surface area contributed by atoms with Crippen LogP contribution >= 0.6 is 11.8 Å². The third-order valence-electron chi connectivity index (χ3n) is 4.93. The number of hydrogen-bond acceptors (Lipinski definition) is 7. The number of furan rings is 1. The Morgan fingerprint density at radius 1 is 0.900 bits per heavy atom. The fourth-order valence-electron chi connectivity index (χ4n) is 3.51. The molecule has 0 radical (unpaired) electrons. The first-order valence-electron chi connectivity index (χ1n) is 9.48. The van der Waals surface area contributed by atoms with E-state index < -0.39 is 0 Å². The summed E-state index contributed by atoms with van der Waals surface area (Å²) in [7, 11) is 0. The minimum atomic E-state index is -0.112. The predicted molar refractivity (Wildman–Crippen MR) is 114 cm³/mol. The zero-order valence-corrected chi connectivity index (χ0v) is 16.7. The van der Waals surface area contributed by atoms with Gasteiger partial charge in [0.2, 0.25) is 11.7 Å². The highest BCUT2D eigenvalue weighted by molar-refractivity contribution is 7.99. The van der Waals surface area contributed by atoms with Crippen molar-refractivity contribution in [1.82, 2.24) is 24.5 Å². The molecule has 146 valence electrons. The second-order valence-corrected chi connectivity index (χ2v) is 8.17. The number of para-hydroxylation sites is 3. The summed E-state index contributed by atoms with van der Waals surface area (Å²) in [5.41, 5.74) is 3.74. The van der Waals surface area contributed by atoms with Gasteiger partial charge in [0.1, 0.15) is 5.65 Å². The van der Waals surface area contributed by atoms with E-state index in [-0.39, 0.29) is 5.25 Å². The first kappa shape index (κ1) is 17.2. The molecule has 0 amide bonds. The lowest BCUT2D eigenvalue weighted by Gasteiger charge is -2.10. The number of benzene rings is 2. The fraction of sp³-hybridized carbons (Fsp3) is 0.0909. The predicted octanol–water partition coefficient (Wildman–Crippen LogP) is 5.53. The SMILES string of the molecule is C[C@H](Sc1nc2ccccc2c2nc3ccccc3n12)c1nc(-c2ccco2)no1. The largest absolute Gasteiger partial charge is 0.461 e. The van der Waals surface area contributed by atoms with E-state index in [1.54, 1.807) is 30.2 Å². The number of rotatable bonds is 4. The molecule has 2 aromatic carbocycles. The van der Waals surface area contributed by atoms with Crippen LogP contribution in [0.15, 0.2) is 81.0 Å². The Hall–Kier alpha value is -3.65. The number of nitrogens with zero attached hydrogens (tertiary/aromatic N) is 5. The van der Waals surface area contributed by atoms with Crippen molar-refractivity contribution in [1.29, 1.82) is 0 Å². The third kappa shape index (κ3) is 2.68. The van der Waals surface area contributed by atoms with Gasteiger partial charge < -0.3 is 8.94 Å². The monoisotopic (exact) mass is 413 g/mol. The molecule has 0 saturated carbocycles. The summed E-state index contributed by atoms with van der Waals surface area (Å²) in [4.78, 5) is 14.3. The normalized spacial score (nSPS) is 12.8. The minimum absolute atomic E-state index is 0.112. The van der Waals surface area contributed by atoms with Crippen molar-refractivity contribution in [2.75, 3.05) is 0 Å². The summed E-state index contributed by atoms with van der Waals surface area (Å²) < 4.78 is 13.0. The van der Waals surface area contributed by atoms with Gasteiger partial charge in [-0.25, -0.2) is 9.97 Å². The van der Waals surface area contributed by atoms with Gasteiger partial charge in [-0.3, -0.25) is 4.40 Å². The molecule has 0 spiro atoms. The van der Waals surface area contributed by atoms with Crippen molar-refractivity contribution in [2.45, 2.75) is 17.3 Å². The molecule has 4 heterocycles. The lowest BCUT2D eigenvalue weighted by molar-refractivity contribution is 0.379. The van der Waals surface area contributed by atoms with Crippen molar-refractivity contribution in [3.8, 4) is 11.6 Å². The van der Waals surface area contributed by atoms with Crippen molar-refractivity contribution >= 4 is 39.3 Å². The molecule has 1 atom stereocenters. The van der Waals surface area contributed by atoms with Gasteiger partial charge in [0, 0.05) is 5.39 Å². The van der Waals surface area contributed by atoms with Crippen LogP contribution in [0.25, 0.3) is 39.2 Å². The summed E-state index contributed by atoms with van der Waals surface area (Å²) in [5.74, 6) is 1.53. The Labute approximate surface area is 174 Å². The molecule has 6 aromatic rings. The van der Waals surface area contributed by atoms with Crippen molar-refractivity contribution in [2.24, 2.45) is 0 Å². The quantitative estimate of drug-likeness (QED) is 0.277. The van der Waals surface area contributed by atoms with Gasteiger partial charge in [-0.05, 0) is 43.3 Å². The third-order valence-corrected chi connectivity index (χ3v) is 5.97. The zero-order valence-electron chi connectivity index (χ0n) is 15.9. The number of imidazole rings is 1. The molecule has 4 aromatic heterocycles. The van der Waals surface area contributed by atoms with E-state index >= 15 is 0 Å². The Morgan fingerprint density at radius 2 is 1.73 bits per heavy atom. The van der Waals surface area contributed by atoms with E-state index in [4.69, 9.17) is 18.9 Å². The molecule has 0 N–H and O–H groups in total. The zero-order chi connectivity index (χ0) is 20.1. The van der Waals surface area contributed by atoms with Crippen LogP contribution in [0.1, 0.15) is 18.1 Å². The van der Waals surface area contributed by atoms with E-state index in [9.17, 15) is 0 Å². The van der Waals surface area contributed by atoms with Crippen LogP contribution in [0.3, 0.4) is 0 Å². The topological polar surface area (TPSA) is 82.2 Å². The second-order valence-electron chi connectivity index (χ2n) is 6.86. The van der Waals surface area contributed by atoms with E-state index in [1.807, 2.05) is 43.3 Å². The van der Waals surface area contributed by atoms with Gasteiger partial charge in [0.05, 0.1) is 28.1 Å². The molecule has 0 bridgehead atoms. The van der Waals surface area contributed by atoms with Gasteiger partial charge >= 0.3 is 0 Å². The second kappa shape index (κ2) is 6.70. The number of aromatic nitrogens is 5. The van der Waals surface area contributed by atoms with Crippen molar-refractivity contribution in [3.63, 3.8) is 0 Å². The molecular formula is C22H15N5O2S. The molecule has 0 unspecified atom stereocenters. The summed E-state index contributed by atoms with van der Waals surface area (Å²) in [6.07, 6.45) is 1.59. The number of fused-ring (bicyclic) bond motifs is 5. The Bertz CT molecular complexity index is 1500. The van der Waals surface area contributed by atoms with Gasteiger partial charge in [-0.2, -0.15) is 4.98 Å². The summed E-state index contributed by atoms with van der Waals surface area (Å²) in [6, 6.07) is 19.7. The van der Waals surface area contributed by atoms with E-state index in [1.165, 1.54) is 0 Å². The highest BCUT2D eigenvalue weighted by atomic mass is 32.2. The Kier molecular flexibility index (Phi) is 3.85. The Balaban J connectivity index is 1.48. The summed E-state index contributed by atoms with van der Waals surface area (Å²) >= 11 is 1.56. The molecule has 30 heavy (non-hydrogen) atoms. The van der Waals surface area contributed by atoms with Crippen LogP contribution in [0.5, 0.6) is 0 Å². The van der Waals surface area contributed by atoms with E-state index in [2.05, 4.69) is 26.7 Å². The molecule has 8 heteroatoms. The highest BCUT2D eigenvalue weighted by Crippen LogP contribution is 2.37. The molecule has 0 saturated heterocycles. The van der Waals surface area contributed by atoms with Crippen LogP contribution in [0.4, 0.5) is 0 Å². The molecule has 0 fully saturated rings. The van der Waals surface area contributed by atoms with Crippen molar-refractivity contribution in [3.05, 3.63) is 72.8 Å². The summed E-state index contributed by atoms with van der Waals surface area (Å²) in [5, 5.41) is 5.77. The maximum Gasteiger partial charge on any atom is 0.240 e. The molecule has 6 rings (SSSR count). The molecule has 0 aliphatic carbocycles. The first-order valence-corrected chi connectivity index (χ1v) is 10.4. The molecule has 7 nitrogen and oxygen atoms in total. The van der Waals surface area contributed by atoms with Crippen LogP contribution in [-0.2, 0) is 0 Å². The molecule has 0 aliphatic heterocycles. The van der Waals surface area contributed by atoms with Crippen molar-refractivity contribution < 1.29 is 8.94 Å². The first-order chi connectivity index (χ1) is 14.8. The lowest BCUT2D eigenvalue weighted by atomic mass is 10.2. The fourth-order valence-corrected chi connectivity index (χ4v) is 4.46. The van der Waals surface area contributed by atoms with E-state index in [0.717, 1.165) is 32.7 Å². The van der Waals surface area contributed by atoms with Gasteiger partial charge in [0.15, 0.2) is 10.9 Å². The lowest BCUT2D eigenvalue weighted by Crippen LogP contribution is -1.99. The van der Waals surface area contributed by atoms with Crippen LogP contribution < -0.4 is 0 Å². The average Bonchev–Trinajstić information content (AvgIpc) is 3.52.